The van der Waals surface area contributed by atoms with E-state index in [0.29, 0.717) is 27.6 Å². The summed E-state index contributed by atoms with van der Waals surface area (Å²) in [5, 5.41) is 4.43. The summed E-state index contributed by atoms with van der Waals surface area (Å²) in [5.41, 5.74) is 3.41. The maximum absolute atomic E-state index is 12.2. The van der Waals surface area contributed by atoms with Crippen LogP contribution in [0.2, 0.25) is 5.02 Å². The minimum Gasteiger partial charge on any atom is -0.484 e. The Morgan fingerprint density at radius 3 is 2.47 bits per heavy atom. The van der Waals surface area contributed by atoms with Gasteiger partial charge in [-0.2, -0.15) is 5.10 Å². The van der Waals surface area contributed by atoms with Crippen molar-refractivity contribution in [1.29, 1.82) is 0 Å². The molecule has 0 heterocycles. The molecule has 30 heavy (non-hydrogen) atoms. The number of carbonyl (C=O) groups is 2. The van der Waals surface area contributed by atoms with Crippen molar-refractivity contribution in [3.05, 3.63) is 93.4 Å². The molecule has 6 nitrogen and oxygen atoms in total. The predicted molar refractivity (Wildman–Crippen MR) is 118 cm³/mol. The van der Waals surface area contributed by atoms with Crippen molar-refractivity contribution in [1.82, 2.24) is 5.43 Å². The second kappa shape index (κ2) is 10.6. The van der Waals surface area contributed by atoms with E-state index in [0.717, 1.165) is 4.47 Å². The molecule has 0 saturated carbocycles. The van der Waals surface area contributed by atoms with Crippen molar-refractivity contribution in [2.24, 2.45) is 5.10 Å². The zero-order chi connectivity index (χ0) is 21.3. The van der Waals surface area contributed by atoms with Gasteiger partial charge in [0.15, 0.2) is 6.61 Å². The Labute approximate surface area is 186 Å². The molecule has 8 heteroatoms. The highest BCUT2D eigenvalue weighted by Gasteiger charge is 2.08. The normalized spacial score (nSPS) is 10.6. The number of hydrazone groups is 1. The standard InChI is InChI=1S/C22H16BrClN2O4/c23-17-6-10-19(11-7-17)29-14-21(27)26-25-13-15-2-1-3-20(12-15)30-22(28)16-4-8-18(24)9-5-16/h1-13H,14H2,(H,26,27)/b25-13+. The topological polar surface area (TPSA) is 77.0 Å². The van der Waals surface area contributed by atoms with Crippen LogP contribution in [0.15, 0.2) is 82.4 Å². The number of benzene rings is 3. The van der Waals surface area contributed by atoms with Crippen LogP contribution in [-0.2, 0) is 4.79 Å². The third-order valence-corrected chi connectivity index (χ3v) is 4.52. The van der Waals surface area contributed by atoms with E-state index in [1.54, 1.807) is 60.7 Å². The van der Waals surface area contributed by atoms with Crippen molar-refractivity contribution in [3.8, 4) is 11.5 Å². The van der Waals surface area contributed by atoms with Crippen LogP contribution in [0.25, 0.3) is 0 Å². The van der Waals surface area contributed by atoms with E-state index in [1.807, 2.05) is 12.1 Å². The Balaban J connectivity index is 1.50. The van der Waals surface area contributed by atoms with Crippen molar-refractivity contribution in [2.75, 3.05) is 6.61 Å². The number of carbonyl (C=O) groups excluding carboxylic acids is 2. The van der Waals surface area contributed by atoms with Gasteiger partial charge in [0.2, 0.25) is 0 Å². The van der Waals surface area contributed by atoms with E-state index in [2.05, 4.69) is 26.5 Å². The Hall–Kier alpha value is -3.16. The smallest absolute Gasteiger partial charge is 0.343 e. The van der Waals surface area contributed by atoms with E-state index < -0.39 is 11.9 Å². The van der Waals surface area contributed by atoms with Crippen LogP contribution in [0.4, 0.5) is 0 Å². The molecule has 3 aromatic carbocycles. The lowest BCUT2D eigenvalue weighted by atomic mass is 10.2. The molecule has 0 fully saturated rings. The molecule has 0 bridgehead atoms. The number of rotatable bonds is 7. The minimum atomic E-state index is -0.501. The van der Waals surface area contributed by atoms with Gasteiger partial charge in [0.05, 0.1) is 11.8 Å². The van der Waals surface area contributed by atoms with Gasteiger partial charge >= 0.3 is 5.97 Å². The van der Waals surface area contributed by atoms with Crippen molar-refractivity contribution >= 4 is 45.6 Å². The first kappa shape index (κ1) is 21.5. The zero-order valence-electron chi connectivity index (χ0n) is 15.5. The average molecular weight is 488 g/mol. The summed E-state index contributed by atoms with van der Waals surface area (Å²) in [6.07, 6.45) is 1.44. The highest BCUT2D eigenvalue weighted by atomic mass is 79.9. The number of esters is 1. The van der Waals surface area contributed by atoms with Gasteiger partial charge in [0.25, 0.3) is 5.91 Å². The molecular weight excluding hydrogens is 472 g/mol. The summed E-state index contributed by atoms with van der Waals surface area (Å²) in [6.45, 7) is -0.169. The molecule has 152 valence electrons. The van der Waals surface area contributed by atoms with Crippen LogP contribution >= 0.6 is 27.5 Å². The van der Waals surface area contributed by atoms with E-state index in [4.69, 9.17) is 21.1 Å². The molecule has 3 aromatic rings. The Morgan fingerprint density at radius 2 is 1.73 bits per heavy atom. The molecule has 0 saturated heterocycles. The Morgan fingerprint density at radius 1 is 1.00 bits per heavy atom. The predicted octanol–water partition coefficient (Wildman–Crippen LogP) is 4.85. The van der Waals surface area contributed by atoms with E-state index in [-0.39, 0.29) is 6.61 Å². The van der Waals surface area contributed by atoms with Gasteiger partial charge in [-0.1, -0.05) is 39.7 Å². The lowest BCUT2D eigenvalue weighted by Crippen LogP contribution is -2.24. The van der Waals surface area contributed by atoms with E-state index in [1.165, 1.54) is 6.21 Å². The van der Waals surface area contributed by atoms with Crippen LogP contribution in [0.3, 0.4) is 0 Å². The number of hydrogen-bond donors (Lipinski definition) is 1. The molecule has 0 aliphatic carbocycles. The molecule has 0 atom stereocenters. The molecule has 0 aliphatic heterocycles. The van der Waals surface area contributed by atoms with Gasteiger partial charge in [-0.05, 0) is 66.2 Å². The van der Waals surface area contributed by atoms with Crippen molar-refractivity contribution in [3.63, 3.8) is 0 Å². The second-order valence-electron chi connectivity index (χ2n) is 6.00. The Kier molecular flexibility index (Phi) is 7.59. The van der Waals surface area contributed by atoms with E-state index >= 15 is 0 Å². The summed E-state index contributed by atoms with van der Waals surface area (Å²) >= 11 is 9.15. The first-order valence-corrected chi connectivity index (χ1v) is 9.95. The van der Waals surface area contributed by atoms with E-state index in [9.17, 15) is 9.59 Å². The van der Waals surface area contributed by atoms with Gasteiger partial charge in [0.1, 0.15) is 11.5 Å². The molecular formula is C22H16BrClN2O4. The third-order valence-electron chi connectivity index (χ3n) is 3.74. The largest absolute Gasteiger partial charge is 0.484 e. The molecule has 3 rings (SSSR count). The maximum Gasteiger partial charge on any atom is 0.343 e. The molecule has 0 radical (unpaired) electrons. The monoisotopic (exact) mass is 486 g/mol. The van der Waals surface area contributed by atoms with Crippen LogP contribution in [0.1, 0.15) is 15.9 Å². The average Bonchev–Trinajstić information content (AvgIpc) is 2.74. The van der Waals surface area contributed by atoms with Crippen molar-refractivity contribution < 1.29 is 19.1 Å². The molecule has 0 aliphatic rings. The number of ether oxygens (including phenoxy) is 2. The van der Waals surface area contributed by atoms with Gasteiger partial charge in [-0.3, -0.25) is 4.79 Å². The van der Waals surface area contributed by atoms with Gasteiger partial charge in [-0.25, -0.2) is 10.2 Å². The summed E-state index contributed by atoms with van der Waals surface area (Å²) < 4.78 is 11.6. The summed E-state index contributed by atoms with van der Waals surface area (Å²) in [7, 11) is 0. The number of halogens is 2. The number of amides is 1. The minimum absolute atomic E-state index is 0.169. The van der Waals surface area contributed by atoms with Crippen LogP contribution in [0.5, 0.6) is 11.5 Å². The number of nitrogens with one attached hydrogen (secondary N) is 1. The lowest BCUT2D eigenvalue weighted by molar-refractivity contribution is -0.123. The summed E-state index contributed by atoms with van der Waals surface area (Å²) in [5.74, 6) is 0.0231. The SMILES string of the molecule is O=C(COc1ccc(Br)cc1)N/N=C/c1cccc(OC(=O)c2ccc(Cl)cc2)c1. The fraction of sp³-hybridized carbons (Fsp3) is 0.0455. The fourth-order valence-electron chi connectivity index (χ4n) is 2.30. The van der Waals surface area contributed by atoms with Gasteiger partial charge < -0.3 is 9.47 Å². The summed E-state index contributed by atoms with van der Waals surface area (Å²) in [4.78, 5) is 24.0. The molecule has 0 aromatic heterocycles. The first-order chi connectivity index (χ1) is 14.5. The zero-order valence-corrected chi connectivity index (χ0v) is 17.9. The quantitative estimate of drug-likeness (QED) is 0.224. The van der Waals surface area contributed by atoms with Gasteiger partial charge in [0, 0.05) is 9.50 Å². The molecule has 1 amide bonds. The second-order valence-corrected chi connectivity index (χ2v) is 7.36. The molecule has 0 unspecified atom stereocenters. The first-order valence-electron chi connectivity index (χ1n) is 8.78. The van der Waals surface area contributed by atoms with Crippen molar-refractivity contribution in [2.45, 2.75) is 0 Å². The summed E-state index contributed by atoms with van der Waals surface area (Å²) in [6, 6.07) is 20.3. The third kappa shape index (κ3) is 6.72. The van der Waals surface area contributed by atoms with Crippen LogP contribution < -0.4 is 14.9 Å². The Bertz CT molecular complexity index is 1050. The van der Waals surface area contributed by atoms with Crippen LogP contribution in [0, 0.1) is 0 Å². The maximum atomic E-state index is 12.2. The lowest BCUT2D eigenvalue weighted by Gasteiger charge is -2.06. The highest BCUT2D eigenvalue weighted by molar-refractivity contribution is 9.10. The highest BCUT2D eigenvalue weighted by Crippen LogP contribution is 2.17. The fourth-order valence-corrected chi connectivity index (χ4v) is 2.69. The molecule has 1 N–H and O–H groups in total. The number of hydrogen-bond acceptors (Lipinski definition) is 5. The molecule has 0 spiro atoms. The van der Waals surface area contributed by atoms with Gasteiger partial charge in [-0.15, -0.1) is 0 Å². The number of nitrogens with zero attached hydrogens (tertiary/aromatic N) is 1. The van der Waals surface area contributed by atoms with Crippen LogP contribution in [-0.4, -0.2) is 24.7 Å².